The fourth-order valence-corrected chi connectivity index (χ4v) is 3.73. The van der Waals surface area contributed by atoms with Gasteiger partial charge in [0.25, 0.3) is 5.91 Å². The molecule has 0 radical (unpaired) electrons. The number of anilines is 1. The number of aromatic nitrogens is 2. The molecule has 7 heteroatoms. The number of amides is 1. The maximum Gasteiger partial charge on any atom is 0.272 e. The lowest BCUT2D eigenvalue weighted by Gasteiger charge is -2.34. The van der Waals surface area contributed by atoms with Gasteiger partial charge in [0.15, 0.2) is 0 Å². The van der Waals surface area contributed by atoms with Crippen molar-refractivity contribution in [1.82, 2.24) is 19.8 Å². The van der Waals surface area contributed by atoms with Crippen molar-refractivity contribution in [2.24, 2.45) is 0 Å². The van der Waals surface area contributed by atoms with Crippen molar-refractivity contribution in [2.45, 2.75) is 13.5 Å². The minimum Gasteiger partial charge on any atom is -0.378 e. The van der Waals surface area contributed by atoms with Gasteiger partial charge in [-0.25, -0.2) is 9.97 Å². The zero-order chi connectivity index (χ0) is 19.3. The highest BCUT2D eigenvalue weighted by atomic mass is 16.5. The first-order valence-corrected chi connectivity index (χ1v) is 9.93. The van der Waals surface area contributed by atoms with Gasteiger partial charge < -0.3 is 14.5 Å². The molecule has 2 aliphatic rings. The molecule has 2 aromatic rings. The van der Waals surface area contributed by atoms with Crippen LogP contribution in [0.3, 0.4) is 0 Å². The number of rotatable bonds is 4. The summed E-state index contributed by atoms with van der Waals surface area (Å²) in [6.45, 7) is 8.94. The lowest BCUT2D eigenvalue weighted by Crippen LogP contribution is -2.48. The van der Waals surface area contributed by atoms with Gasteiger partial charge in [-0.15, -0.1) is 0 Å². The smallest absolute Gasteiger partial charge is 0.272 e. The van der Waals surface area contributed by atoms with Crippen LogP contribution in [-0.4, -0.2) is 78.2 Å². The third-order valence-electron chi connectivity index (χ3n) is 5.29. The Hall–Kier alpha value is -2.51. The zero-order valence-electron chi connectivity index (χ0n) is 16.4. The molecular weight excluding hydrogens is 354 g/mol. The first kappa shape index (κ1) is 18.8. The molecule has 0 bridgehead atoms. The van der Waals surface area contributed by atoms with Crippen molar-refractivity contribution in [1.29, 1.82) is 0 Å². The van der Waals surface area contributed by atoms with Crippen LogP contribution in [0.4, 0.5) is 5.82 Å². The van der Waals surface area contributed by atoms with Gasteiger partial charge in [-0.3, -0.25) is 9.69 Å². The summed E-state index contributed by atoms with van der Waals surface area (Å²) in [5, 5.41) is 0. The first-order valence-electron chi connectivity index (χ1n) is 9.93. The fourth-order valence-electron chi connectivity index (χ4n) is 3.73. The monoisotopic (exact) mass is 381 g/mol. The molecule has 0 unspecified atom stereocenters. The Morgan fingerprint density at radius 2 is 1.71 bits per heavy atom. The van der Waals surface area contributed by atoms with E-state index in [0.29, 0.717) is 24.7 Å². The van der Waals surface area contributed by atoms with Crippen LogP contribution in [0.25, 0.3) is 0 Å². The van der Waals surface area contributed by atoms with Gasteiger partial charge in [-0.1, -0.05) is 30.3 Å². The summed E-state index contributed by atoms with van der Waals surface area (Å²) in [6.07, 6.45) is 0. The zero-order valence-corrected chi connectivity index (χ0v) is 16.4. The van der Waals surface area contributed by atoms with Gasteiger partial charge in [0.2, 0.25) is 0 Å². The predicted octanol–water partition coefficient (Wildman–Crippen LogP) is 1.58. The molecule has 7 nitrogen and oxygen atoms in total. The number of ether oxygens (including phenoxy) is 1. The Morgan fingerprint density at radius 3 is 2.43 bits per heavy atom. The van der Waals surface area contributed by atoms with E-state index in [0.717, 1.165) is 51.6 Å². The Bertz CT molecular complexity index is 800. The second-order valence-electron chi connectivity index (χ2n) is 7.31. The Labute approximate surface area is 165 Å². The van der Waals surface area contributed by atoms with Crippen LogP contribution in [0.1, 0.15) is 21.9 Å². The third-order valence-corrected chi connectivity index (χ3v) is 5.29. The number of carbonyl (C=O) groups excluding carboxylic acids is 1. The highest BCUT2D eigenvalue weighted by molar-refractivity contribution is 5.93. The van der Waals surface area contributed by atoms with E-state index in [1.54, 1.807) is 0 Å². The molecule has 3 heterocycles. The van der Waals surface area contributed by atoms with E-state index in [9.17, 15) is 4.79 Å². The lowest BCUT2D eigenvalue weighted by molar-refractivity contribution is 0.0622. The Kier molecular flexibility index (Phi) is 5.83. The molecule has 2 fully saturated rings. The van der Waals surface area contributed by atoms with Gasteiger partial charge in [0, 0.05) is 51.9 Å². The number of morpholine rings is 1. The summed E-state index contributed by atoms with van der Waals surface area (Å²) in [5.74, 6) is 1.45. The molecule has 0 atom stereocenters. The molecule has 4 rings (SSSR count). The summed E-state index contributed by atoms with van der Waals surface area (Å²) >= 11 is 0. The number of benzene rings is 1. The van der Waals surface area contributed by atoms with Crippen LogP contribution >= 0.6 is 0 Å². The molecule has 0 saturated carbocycles. The number of carbonyl (C=O) groups is 1. The highest BCUT2D eigenvalue weighted by Crippen LogP contribution is 2.17. The van der Waals surface area contributed by atoms with Crippen molar-refractivity contribution in [2.75, 3.05) is 57.4 Å². The van der Waals surface area contributed by atoms with Crippen LogP contribution in [0, 0.1) is 6.92 Å². The van der Waals surface area contributed by atoms with Gasteiger partial charge in [-0.05, 0) is 12.5 Å². The number of hydrogen-bond donors (Lipinski definition) is 0. The largest absolute Gasteiger partial charge is 0.378 e. The minimum absolute atomic E-state index is 0.000583. The second-order valence-corrected chi connectivity index (χ2v) is 7.31. The summed E-state index contributed by atoms with van der Waals surface area (Å²) in [7, 11) is 0. The van der Waals surface area contributed by atoms with E-state index in [1.807, 2.05) is 24.0 Å². The van der Waals surface area contributed by atoms with Crippen molar-refractivity contribution in [3.63, 3.8) is 0 Å². The van der Waals surface area contributed by atoms with Gasteiger partial charge >= 0.3 is 0 Å². The molecule has 1 aromatic carbocycles. The fraction of sp³-hybridized carbons (Fsp3) is 0.476. The summed E-state index contributed by atoms with van der Waals surface area (Å²) in [4.78, 5) is 28.4. The highest BCUT2D eigenvalue weighted by Gasteiger charge is 2.24. The third kappa shape index (κ3) is 4.48. The molecule has 2 aliphatic heterocycles. The van der Waals surface area contributed by atoms with Crippen molar-refractivity contribution in [3.05, 3.63) is 53.5 Å². The van der Waals surface area contributed by atoms with E-state index in [1.165, 1.54) is 5.56 Å². The quantitative estimate of drug-likeness (QED) is 0.801. The molecule has 28 heavy (non-hydrogen) atoms. The van der Waals surface area contributed by atoms with Gasteiger partial charge in [-0.2, -0.15) is 0 Å². The maximum absolute atomic E-state index is 13.0. The van der Waals surface area contributed by atoms with E-state index in [4.69, 9.17) is 4.74 Å². The summed E-state index contributed by atoms with van der Waals surface area (Å²) in [5.41, 5.74) is 1.80. The molecule has 0 N–H and O–H groups in total. The van der Waals surface area contributed by atoms with Crippen molar-refractivity contribution >= 4 is 11.7 Å². The van der Waals surface area contributed by atoms with Gasteiger partial charge in [0.05, 0.1) is 13.2 Å². The van der Waals surface area contributed by atoms with Crippen LogP contribution in [-0.2, 0) is 11.3 Å². The molecule has 1 amide bonds. The van der Waals surface area contributed by atoms with E-state index in [2.05, 4.69) is 44.0 Å². The number of piperazine rings is 1. The van der Waals surface area contributed by atoms with Gasteiger partial charge in [0.1, 0.15) is 17.3 Å². The SMILES string of the molecule is Cc1nc(C(=O)N2CCN(Cc3ccccc3)CC2)cc(N2CCOCC2)n1. The predicted molar refractivity (Wildman–Crippen MR) is 107 cm³/mol. The van der Waals surface area contributed by atoms with E-state index >= 15 is 0 Å². The summed E-state index contributed by atoms with van der Waals surface area (Å²) < 4.78 is 5.41. The molecule has 0 spiro atoms. The average molecular weight is 381 g/mol. The molecule has 0 aliphatic carbocycles. The number of aryl methyl sites for hydroxylation is 1. The Balaban J connectivity index is 1.39. The second kappa shape index (κ2) is 8.67. The molecule has 148 valence electrons. The number of nitrogens with zero attached hydrogens (tertiary/aromatic N) is 5. The lowest BCUT2D eigenvalue weighted by atomic mass is 10.2. The molecular formula is C21H27N5O2. The first-order chi connectivity index (χ1) is 13.7. The van der Waals surface area contributed by atoms with Crippen LogP contribution in [0.2, 0.25) is 0 Å². The normalized spacial score (nSPS) is 18.3. The summed E-state index contributed by atoms with van der Waals surface area (Å²) in [6, 6.07) is 12.3. The van der Waals surface area contributed by atoms with Crippen LogP contribution in [0.15, 0.2) is 36.4 Å². The molecule has 2 saturated heterocycles. The van der Waals surface area contributed by atoms with Crippen molar-refractivity contribution in [3.8, 4) is 0 Å². The van der Waals surface area contributed by atoms with E-state index in [-0.39, 0.29) is 5.91 Å². The molecule has 1 aromatic heterocycles. The van der Waals surface area contributed by atoms with Crippen LogP contribution in [0.5, 0.6) is 0 Å². The van der Waals surface area contributed by atoms with E-state index < -0.39 is 0 Å². The average Bonchev–Trinajstić information content (AvgIpc) is 2.75. The maximum atomic E-state index is 13.0. The van der Waals surface area contributed by atoms with Crippen molar-refractivity contribution < 1.29 is 9.53 Å². The Morgan fingerprint density at radius 1 is 1.00 bits per heavy atom. The van der Waals surface area contributed by atoms with Crippen LogP contribution < -0.4 is 4.90 Å². The standard InChI is InChI=1S/C21H27N5O2/c1-17-22-19(15-20(23-17)25-11-13-28-14-12-25)21(27)26-9-7-24(8-10-26)16-18-5-3-2-4-6-18/h2-6,15H,7-14,16H2,1H3. The minimum atomic E-state index is -0.000583. The topological polar surface area (TPSA) is 61.8 Å². The number of hydrogen-bond acceptors (Lipinski definition) is 6.